The van der Waals surface area contributed by atoms with Crippen molar-refractivity contribution in [2.24, 2.45) is 0 Å². The molecule has 2 aliphatic heterocycles. The Labute approximate surface area is 136 Å². The van der Waals surface area contributed by atoms with Crippen molar-refractivity contribution < 1.29 is 14.3 Å². The first-order valence-corrected chi connectivity index (χ1v) is 8.13. The Hall–Kier alpha value is -1.95. The van der Waals surface area contributed by atoms with Crippen LogP contribution in [0.15, 0.2) is 18.5 Å². The molecule has 1 spiro atoms. The summed E-state index contributed by atoms with van der Waals surface area (Å²) in [5, 5.41) is 0. The van der Waals surface area contributed by atoms with E-state index in [1.807, 2.05) is 14.0 Å². The van der Waals surface area contributed by atoms with Crippen molar-refractivity contribution >= 4 is 11.8 Å². The molecule has 1 atom stereocenters. The van der Waals surface area contributed by atoms with Gasteiger partial charge in [0.05, 0.1) is 13.2 Å². The van der Waals surface area contributed by atoms with Gasteiger partial charge < -0.3 is 14.5 Å². The van der Waals surface area contributed by atoms with Crippen molar-refractivity contribution in [1.29, 1.82) is 0 Å². The van der Waals surface area contributed by atoms with Crippen LogP contribution in [0.2, 0.25) is 0 Å². The van der Waals surface area contributed by atoms with E-state index in [0.29, 0.717) is 31.7 Å². The van der Waals surface area contributed by atoms with Gasteiger partial charge in [-0.15, -0.1) is 0 Å². The van der Waals surface area contributed by atoms with E-state index in [2.05, 4.69) is 4.98 Å². The van der Waals surface area contributed by atoms with E-state index in [1.54, 1.807) is 28.3 Å². The third-order valence-electron chi connectivity index (χ3n) is 4.78. The summed E-state index contributed by atoms with van der Waals surface area (Å²) >= 11 is 0. The fraction of sp³-hybridized carbons (Fsp3) is 0.588. The molecule has 1 aromatic rings. The van der Waals surface area contributed by atoms with Crippen LogP contribution in [0.3, 0.4) is 0 Å². The number of likely N-dealkylation sites (N-methyl/N-ethyl adjacent to an activating group) is 1. The average molecular weight is 317 g/mol. The number of carbonyl (C=O) groups is 2. The van der Waals surface area contributed by atoms with Gasteiger partial charge in [-0.05, 0) is 37.8 Å². The number of pyridine rings is 1. The van der Waals surface area contributed by atoms with Crippen LogP contribution in [0, 0.1) is 6.92 Å². The maximum absolute atomic E-state index is 12.8. The van der Waals surface area contributed by atoms with Crippen LogP contribution < -0.4 is 0 Å². The Balaban J connectivity index is 1.84. The van der Waals surface area contributed by atoms with E-state index >= 15 is 0 Å². The summed E-state index contributed by atoms with van der Waals surface area (Å²) in [6, 6.07) is 1.74. The Morgan fingerprint density at radius 1 is 1.35 bits per heavy atom. The van der Waals surface area contributed by atoms with Crippen molar-refractivity contribution in [3.8, 4) is 0 Å². The quantitative estimate of drug-likeness (QED) is 0.782. The summed E-state index contributed by atoms with van der Waals surface area (Å²) in [5.41, 5.74) is 0.619. The zero-order valence-electron chi connectivity index (χ0n) is 13.7. The van der Waals surface area contributed by atoms with E-state index < -0.39 is 5.60 Å². The van der Waals surface area contributed by atoms with Gasteiger partial charge in [-0.1, -0.05) is 0 Å². The highest BCUT2D eigenvalue weighted by molar-refractivity contribution is 5.96. The van der Waals surface area contributed by atoms with Gasteiger partial charge in [0.15, 0.2) is 5.60 Å². The topological polar surface area (TPSA) is 62.7 Å². The second-order valence-corrected chi connectivity index (χ2v) is 6.44. The Morgan fingerprint density at radius 3 is 2.96 bits per heavy atom. The molecule has 0 aliphatic carbocycles. The van der Waals surface area contributed by atoms with E-state index in [9.17, 15) is 9.59 Å². The van der Waals surface area contributed by atoms with E-state index in [-0.39, 0.29) is 11.8 Å². The minimum Gasteiger partial charge on any atom is -0.361 e. The number of carbonyl (C=O) groups excluding carboxylic acids is 2. The Kier molecular flexibility index (Phi) is 4.35. The monoisotopic (exact) mass is 317 g/mol. The maximum Gasteiger partial charge on any atom is 0.256 e. The second-order valence-electron chi connectivity index (χ2n) is 6.44. The number of hydrogen-bond donors (Lipinski definition) is 0. The van der Waals surface area contributed by atoms with Gasteiger partial charge in [0.2, 0.25) is 0 Å². The number of nitrogens with zero attached hydrogens (tertiary/aromatic N) is 3. The number of aryl methyl sites for hydroxylation is 1. The van der Waals surface area contributed by atoms with E-state index in [1.165, 1.54) is 0 Å². The highest BCUT2D eigenvalue weighted by atomic mass is 16.5. The van der Waals surface area contributed by atoms with Crippen molar-refractivity contribution in [2.75, 3.05) is 33.3 Å². The normalized spacial score (nSPS) is 25.6. The first kappa shape index (κ1) is 15.9. The molecule has 0 saturated carbocycles. The molecule has 2 aliphatic rings. The molecule has 6 nitrogen and oxygen atoms in total. The number of rotatable bonds is 1. The van der Waals surface area contributed by atoms with Gasteiger partial charge in [-0.25, -0.2) is 0 Å². The summed E-state index contributed by atoms with van der Waals surface area (Å²) in [7, 11) is 1.81. The number of ether oxygens (including phenoxy) is 1. The fourth-order valence-electron chi connectivity index (χ4n) is 3.44. The first-order valence-electron chi connectivity index (χ1n) is 8.13. The molecule has 2 saturated heterocycles. The van der Waals surface area contributed by atoms with E-state index in [4.69, 9.17) is 4.74 Å². The molecule has 124 valence electrons. The maximum atomic E-state index is 12.8. The number of hydrogen-bond acceptors (Lipinski definition) is 4. The highest BCUT2D eigenvalue weighted by Crippen LogP contribution is 2.30. The van der Waals surface area contributed by atoms with Crippen molar-refractivity contribution in [1.82, 2.24) is 14.8 Å². The fourth-order valence-corrected chi connectivity index (χ4v) is 3.44. The molecular weight excluding hydrogens is 294 g/mol. The van der Waals surface area contributed by atoms with Crippen LogP contribution in [0.25, 0.3) is 0 Å². The molecule has 0 bridgehead atoms. The van der Waals surface area contributed by atoms with Crippen LogP contribution in [-0.2, 0) is 9.53 Å². The smallest absolute Gasteiger partial charge is 0.256 e. The molecule has 0 N–H and O–H groups in total. The lowest BCUT2D eigenvalue weighted by Gasteiger charge is -2.42. The van der Waals surface area contributed by atoms with Crippen LogP contribution >= 0.6 is 0 Å². The molecule has 2 fully saturated rings. The SMILES string of the molecule is Cc1cnccc1C(=O)N1CCOC2(CCCCN(C)C2=O)C1. The van der Waals surface area contributed by atoms with Crippen LogP contribution in [0.1, 0.15) is 35.2 Å². The summed E-state index contributed by atoms with van der Waals surface area (Å²) in [6.07, 6.45) is 5.90. The molecule has 3 heterocycles. The summed E-state index contributed by atoms with van der Waals surface area (Å²) < 4.78 is 5.92. The van der Waals surface area contributed by atoms with Crippen LogP contribution in [0.5, 0.6) is 0 Å². The zero-order valence-corrected chi connectivity index (χ0v) is 13.7. The molecule has 0 aromatic carbocycles. The van der Waals surface area contributed by atoms with Crippen molar-refractivity contribution in [2.45, 2.75) is 31.8 Å². The summed E-state index contributed by atoms with van der Waals surface area (Å²) in [5.74, 6) is -0.0498. The standard InChI is InChI=1S/C17H23N3O3/c1-13-11-18-7-5-14(13)15(21)20-9-10-23-17(12-20)6-3-4-8-19(2)16(17)22/h5,7,11H,3-4,6,8-10,12H2,1-2H3. The van der Waals surface area contributed by atoms with Gasteiger partial charge in [0.25, 0.3) is 11.8 Å². The van der Waals surface area contributed by atoms with Gasteiger partial charge in [-0.2, -0.15) is 0 Å². The lowest BCUT2D eigenvalue weighted by atomic mass is 9.93. The minimum absolute atomic E-state index is 0.000972. The zero-order chi connectivity index (χ0) is 16.4. The largest absolute Gasteiger partial charge is 0.361 e. The number of morpholine rings is 1. The molecule has 2 amide bonds. The number of likely N-dealkylation sites (tertiary alicyclic amines) is 1. The van der Waals surface area contributed by atoms with Crippen molar-refractivity contribution in [3.63, 3.8) is 0 Å². The Morgan fingerprint density at radius 2 is 2.17 bits per heavy atom. The van der Waals surface area contributed by atoms with E-state index in [0.717, 1.165) is 24.9 Å². The Bertz CT molecular complexity index is 619. The minimum atomic E-state index is -0.875. The lowest BCUT2D eigenvalue weighted by molar-refractivity contribution is -0.166. The lowest BCUT2D eigenvalue weighted by Crippen LogP contribution is -2.60. The molecular formula is C17H23N3O3. The van der Waals surface area contributed by atoms with Gasteiger partial charge in [0.1, 0.15) is 0 Å². The van der Waals surface area contributed by atoms with Gasteiger partial charge >= 0.3 is 0 Å². The van der Waals surface area contributed by atoms with Crippen LogP contribution in [0.4, 0.5) is 0 Å². The summed E-state index contributed by atoms with van der Waals surface area (Å²) in [6.45, 7) is 3.87. The molecule has 3 rings (SSSR count). The van der Waals surface area contributed by atoms with Crippen molar-refractivity contribution in [3.05, 3.63) is 29.6 Å². The third kappa shape index (κ3) is 2.95. The predicted molar refractivity (Wildman–Crippen MR) is 85.0 cm³/mol. The molecule has 23 heavy (non-hydrogen) atoms. The highest BCUT2D eigenvalue weighted by Gasteiger charge is 2.47. The molecule has 0 radical (unpaired) electrons. The predicted octanol–water partition coefficient (Wildman–Crippen LogP) is 1.24. The molecule has 1 aromatic heterocycles. The number of amides is 2. The summed E-state index contributed by atoms with van der Waals surface area (Å²) in [4.78, 5) is 33.1. The molecule has 6 heteroatoms. The average Bonchev–Trinajstić information content (AvgIpc) is 2.69. The second kappa shape index (κ2) is 6.28. The number of aromatic nitrogens is 1. The van der Waals surface area contributed by atoms with Gasteiger partial charge in [0, 0.05) is 38.1 Å². The van der Waals surface area contributed by atoms with Crippen LogP contribution in [-0.4, -0.2) is 65.5 Å². The first-order chi connectivity index (χ1) is 11.0. The third-order valence-corrected chi connectivity index (χ3v) is 4.78. The molecule has 1 unspecified atom stereocenters. The van der Waals surface area contributed by atoms with Gasteiger partial charge in [-0.3, -0.25) is 14.6 Å².